The van der Waals surface area contributed by atoms with E-state index in [2.05, 4.69) is 19.8 Å². The van der Waals surface area contributed by atoms with Crippen LogP contribution in [0.25, 0.3) is 11.5 Å². The number of aromatic nitrogens is 4. The van der Waals surface area contributed by atoms with Crippen LogP contribution in [0.2, 0.25) is 0 Å². The minimum atomic E-state index is -4.93. The molecule has 5 nitrogen and oxygen atoms in total. The van der Waals surface area contributed by atoms with E-state index in [4.69, 9.17) is 0 Å². The van der Waals surface area contributed by atoms with Crippen molar-refractivity contribution < 1.29 is 22.3 Å². The molecule has 0 saturated carbocycles. The first kappa shape index (κ1) is 13.2. The van der Waals surface area contributed by atoms with Gasteiger partial charge in [-0.25, -0.2) is 0 Å². The lowest BCUT2D eigenvalue weighted by atomic mass is 10.3. The molecule has 9 heteroatoms. The summed E-state index contributed by atoms with van der Waals surface area (Å²) in [6, 6.07) is 1.45. The summed E-state index contributed by atoms with van der Waals surface area (Å²) in [5.41, 5.74) is -1.48. The summed E-state index contributed by atoms with van der Waals surface area (Å²) in [4.78, 5) is 6.71. The number of nitrogens with zero attached hydrogens (tertiary/aromatic N) is 4. The maximum Gasteiger partial charge on any atom is 0.426 e. The van der Waals surface area contributed by atoms with Crippen molar-refractivity contribution in [3.8, 4) is 17.4 Å². The fourth-order valence-corrected chi connectivity index (χ4v) is 1.45. The number of ether oxygens (including phenoxy) is 1. The molecule has 2 rings (SSSR count). The monoisotopic (exact) mass is 276 g/mol. The van der Waals surface area contributed by atoms with Crippen LogP contribution < -0.4 is 4.74 Å². The molecule has 0 bridgehead atoms. The Labute approximate surface area is 104 Å². The van der Waals surface area contributed by atoms with E-state index in [0.29, 0.717) is 0 Å². The third-order valence-electron chi connectivity index (χ3n) is 2.25. The lowest BCUT2D eigenvalue weighted by Crippen LogP contribution is -2.14. The molecule has 0 spiro atoms. The molecule has 0 unspecified atom stereocenters. The topological polar surface area (TPSA) is 52.8 Å². The van der Waals surface area contributed by atoms with Crippen LogP contribution in [0.4, 0.5) is 17.6 Å². The molecule has 0 aliphatic rings. The molecule has 0 fully saturated rings. The van der Waals surface area contributed by atoms with Gasteiger partial charge in [0, 0.05) is 13.2 Å². The summed E-state index contributed by atoms with van der Waals surface area (Å²) in [5, 5.41) is 3.88. The first-order valence-corrected chi connectivity index (χ1v) is 5.01. The molecular formula is C10H8F4N4O. The van der Waals surface area contributed by atoms with Crippen LogP contribution in [-0.2, 0) is 13.2 Å². The average molecular weight is 276 g/mol. The highest BCUT2D eigenvalue weighted by atomic mass is 19.4. The normalized spacial score (nSPS) is 11.7. The molecule has 102 valence electrons. The predicted octanol–water partition coefficient (Wildman–Crippen LogP) is 2.04. The first-order chi connectivity index (χ1) is 8.82. The van der Waals surface area contributed by atoms with Crippen LogP contribution >= 0.6 is 0 Å². The molecule has 2 heterocycles. The Bertz CT molecular complexity index is 608. The van der Waals surface area contributed by atoms with Gasteiger partial charge in [0.25, 0.3) is 0 Å². The van der Waals surface area contributed by atoms with Crippen LogP contribution in [0.15, 0.2) is 12.3 Å². The molecule has 0 amide bonds. The van der Waals surface area contributed by atoms with Gasteiger partial charge in [-0.15, -0.1) is 0 Å². The van der Waals surface area contributed by atoms with Crippen molar-refractivity contribution in [2.75, 3.05) is 7.11 Å². The van der Waals surface area contributed by atoms with Gasteiger partial charge in [0.05, 0.1) is 7.11 Å². The highest BCUT2D eigenvalue weighted by molar-refractivity contribution is 5.50. The summed E-state index contributed by atoms with van der Waals surface area (Å²) in [6.45, 7) is 0. The summed E-state index contributed by atoms with van der Waals surface area (Å²) in [7, 11) is 2.57. The highest BCUT2D eigenvalue weighted by Crippen LogP contribution is 2.37. The standard InChI is InChI=1S/C10H8F4N4O/c1-18-4-3-5(17-18)8-15-7(11)6(10(12,13)14)9(16-8)19-2/h3-4H,1-2H3. The van der Waals surface area contributed by atoms with E-state index in [1.54, 1.807) is 7.05 Å². The first-order valence-electron chi connectivity index (χ1n) is 5.01. The van der Waals surface area contributed by atoms with E-state index in [1.165, 1.54) is 16.9 Å². The minimum absolute atomic E-state index is 0.147. The van der Waals surface area contributed by atoms with Crippen molar-refractivity contribution in [1.29, 1.82) is 0 Å². The maximum absolute atomic E-state index is 13.5. The van der Waals surface area contributed by atoms with Crippen LogP contribution in [-0.4, -0.2) is 26.9 Å². The average Bonchev–Trinajstić information content (AvgIpc) is 2.73. The molecule has 0 aliphatic heterocycles. The van der Waals surface area contributed by atoms with Crippen molar-refractivity contribution in [3.05, 3.63) is 23.8 Å². The maximum atomic E-state index is 13.5. The number of rotatable bonds is 2. The van der Waals surface area contributed by atoms with Gasteiger partial charge in [0.2, 0.25) is 11.8 Å². The molecule has 19 heavy (non-hydrogen) atoms. The summed E-state index contributed by atoms with van der Waals surface area (Å²) < 4.78 is 57.2. The third-order valence-corrected chi connectivity index (χ3v) is 2.25. The van der Waals surface area contributed by atoms with E-state index in [-0.39, 0.29) is 11.5 Å². The van der Waals surface area contributed by atoms with Gasteiger partial charge in [-0.3, -0.25) is 4.68 Å². The number of hydrogen-bond acceptors (Lipinski definition) is 4. The quantitative estimate of drug-likeness (QED) is 0.622. The molecule has 2 aromatic rings. The fraction of sp³-hybridized carbons (Fsp3) is 0.300. The van der Waals surface area contributed by atoms with Crippen LogP contribution in [0.3, 0.4) is 0 Å². The van der Waals surface area contributed by atoms with Crippen LogP contribution in [0.5, 0.6) is 5.88 Å². The second-order valence-electron chi connectivity index (χ2n) is 3.59. The van der Waals surface area contributed by atoms with Crippen LogP contribution in [0.1, 0.15) is 5.56 Å². The Morgan fingerprint density at radius 1 is 1.26 bits per heavy atom. The Kier molecular flexibility index (Phi) is 3.13. The second-order valence-corrected chi connectivity index (χ2v) is 3.59. The number of halogens is 4. The summed E-state index contributed by atoms with van der Waals surface area (Å²) in [5.74, 6) is -2.84. The predicted molar refractivity (Wildman–Crippen MR) is 55.7 cm³/mol. The fourth-order valence-electron chi connectivity index (χ4n) is 1.45. The van der Waals surface area contributed by atoms with Crippen molar-refractivity contribution in [1.82, 2.24) is 19.7 Å². The number of alkyl halides is 3. The smallest absolute Gasteiger partial charge is 0.426 e. The number of methoxy groups -OCH3 is 1. The largest absolute Gasteiger partial charge is 0.480 e. The van der Waals surface area contributed by atoms with Crippen molar-refractivity contribution in [2.45, 2.75) is 6.18 Å². The molecule has 0 radical (unpaired) electrons. The molecule has 0 N–H and O–H groups in total. The summed E-state index contributed by atoms with van der Waals surface area (Å²) in [6.07, 6.45) is -3.40. The zero-order chi connectivity index (χ0) is 14.2. The Morgan fingerprint density at radius 2 is 1.95 bits per heavy atom. The van der Waals surface area contributed by atoms with Gasteiger partial charge in [-0.2, -0.15) is 32.6 Å². The Morgan fingerprint density at radius 3 is 2.42 bits per heavy atom. The highest BCUT2D eigenvalue weighted by Gasteiger charge is 2.40. The van der Waals surface area contributed by atoms with E-state index in [1.807, 2.05) is 0 Å². The van der Waals surface area contributed by atoms with Crippen molar-refractivity contribution >= 4 is 0 Å². The zero-order valence-corrected chi connectivity index (χ0v) is 9.86. The van der Waals surface area contributed by atoms with Crippen molar-refractivity contribution in [2.24, 2.45) is 7.05 Å². The lowest BCUT2D eigenvalue weighted by Gasteiger charge is -2.11. The lowest BCUT2D eigenvalue weighted by molar-refractivity contribution is -0.142. The molecular weight excluding hydrogens is 268 g/mol. The second kappa shape index (κ2) is 4.48. The molecule has 0 aromatic carbocycles. The Hall–Kier alpha value is -2.19. The minimum Gasteiger partial charge on any atom is -0.480 e. The molecule has 0 atom stereocenters. The van der Waals surface area contributed by atoms with Gasteiger partial charge in [0.1, 0.15) is 5.69 Å². The molecule has 0 saturated heterocycles. The van der Waals surface area contributed by atoms with Gasteiger partial charge < -0.3 is 4.74 Å². The molecule has 2 aromatic heterocycles. The van der Waals surface area contributed by atoms with Crippen molar-refractivity contribution in [3.63, 3.8) is 0 Å². The zero-order valence-electron chi connectivity index (χ0n) is 9.86. The van der Waals surface area contributed by atoms with E-state index in [0.717, 1.165) is 7.11 Å². The number of aryl methyl sites for hydroxylation is 1. The van der Waals surface area contributed by atoms with Crippen LogP contribution in [0, 0.1) is 5.95 Å². The Balaban J connectivity index is 2.60. The van der Waals surface area contributed by atoms with E-state index < -0.39 is 23.6 Å². The van der Waals surface area contributed by atoms with Gasteiger partial charge >= 0.3 is 6.18 Å². The number of hydrogen-bond donors (Lipinski definition) is 0. The summed E-state index contributed by atoms with van der Waals surface area (Å²) >= 11 is 0. The SMILES string of the molecule is COc1nc(-c2ccn(C)n2)nc(F)c1C(F)(F)F. The van der Waals surface area contributed by atoms with E-state index in [9.17, 15) is 17.6 Å². The van der Waals surface area contributed by atoms with Gasteiger partial charge in [-0.05, 0) is 6.07 Å². The third kappa shape index (κ3) is 2.49. The van der Waals surface area contributed by atoms with Gasteiger partial charge in [0.15, 0.2) is 11.4 Å². The van der Waals surface area contributed by atoms with Gasteiger partial charge in [-0.1, -0.05) is 0 Å². The van der Waals surface area contributed by atoms with E-state index >= 15 is 0 Å². The molecule has 0 aliphatic carbocycles.